The van der Waals surface area contributed by atoms with Crippen LogP contribution in [0.3, 0.4) is 0 Å². The van der Waals surface area contributed by atoms with Crippen LogP contribution < -0.4 is 10.0 Å². The molecule has 132 valence electrons. The van der Waals surface area contributed by atoms with E-state index in [4.69, 9.17) is 4.52 Å². The number of hydrogen-bond acceptors (Lipinski definition) is 6. The summed E-state index contributed by atoms with van der Waals surface area (Å²) in [6, 6.07) is -1.61. The molecule has 10 heteroatoms. The molecule has 24 heavy (non-hydrogen) atoms. The second kappa shape index (κ2) is 5.85. The molecule has 1 aromatic rings. The number of aromatic nitrogens is 1. The minimum atomic E-state index is -3.80. The highest BCUT2D eigenvalue weighted by Gasteiger charge is 2.43. The Morgan fingerprint density at radius 1 is 1.33 bits per heavy atom. The van der Waals surface area contributed by atoms with Gasteiger partial charge in [-0.25, -0.2) is 13.1 Å². The number of fused-ring (bicyclic) bond motifs is 1. The van der Waals surface area contributed by atoms with Gasteiger partial charge in [0.15, 0.2) is 5.76 Å². The van der Waals surface area contributed by atoms with Gasteiger partial charge in [0.2, 0.25) is 21.8 Å². The maximum atomic E-state index is 12.6. The van der Waals surface area contributed by atoms with Gasteiger partial charge in [-0.2, -0.15) is 0 Å². The van der Waals surface area contributed by atoms with E-state index in [1.807, 2.05) is 0 Å². The van der Waals surface area contributed by atoms with Crippen molar-refractivity contribution in [2.45, 2.75) is 56.6 Å². The molecule has 0 radical (unpaired) electrons. The van der Waals surface area contributed by atoms with Crippen molar-refractivity contribution < 1.29 is 22.5 Å². The largest absolute Gasteiger partial charge is 0.360 e. The number of hydrogen-bond donors (Lipinski definition) is 2. The van der Waals surface area contributed by atoms with E-state index in [2.05, 4.69) is 15.2 Å². The zero-order valence-electron chi connectivity index (χ0n) is 13.7. The van der Waals surface area contributed by atoms with E-state index in [0.717, 1.165) is 0 Å². The topological polar surface area (TPSA) is 122 Å². The van der Waals surface area contributed by atoms with E-state index in [-0.39, 0.29) is 34.6 Å². The van der Waals surface area contributed by atoms with Gasteiger partial charge < -0.3 is 14.7 Å². The summed E-state index contributed by atoms with van der Waals surface area (Å²) in [6.45, 7) is 5.08. The predicted molar refractivity (Wildman–Crippen MR) is 82.4 cm³/mol. The van der Waals surface area contributed by atoms with Crippen molar-refractivity contribution in [3.8, 4) is 0 Å². The Kier molecular flexibility index (Phi) is 4.12. The predicted octanol–water partition coefficient (Wildman–Crippen LogP) is -0.552. The molecule has 0 aliphatic carbocycles. The molecule has 0 aromatic carbocycles. The summed E-state index contributed by atoms with van der Waals surface area (Å²) >= 11 is 0. The van der Waals surface area contributed by atoms with Gasteiger partial charge in [0.05, 0.1) is 0 Å². The maximum Gasteiger partial charge on any atom is 0.246 e. The van der Waals surface area contributed by atoms with Crippen LogP contribution in [0, 0.1) is 13.8 Å². The number of piperidine rings is 1. The summed E-state index contributed by atoms with van der Waals surface area (Å²) in [7, 11) is -3.80. The summed E-state index contributed by atoms with van der Waals surface area (Å²) in [5.74, 6) is -0.160. The molecule has 0 unspecified atom stereocenters. The zero-order chi connectivity index (χ0) is 17.6. The fraction of sp³-hybridized carbons (Fsp3) is 0.643. The van der Waals surface area contributed by atoms with E-state index in [0.29, 0.717) is 13.0 Å². The van der Waals surface area contributed by atoms with Crippen LogP contribution >= 0.6 is 0 Å². The van der Waals surface area contributed by atoms with Gasteiger partial charge in [0.1, 0.15) is 22.7 Å². The SMILES string of the molecule is Cc1noc(C)c1S(=O)(=O)N[C@@H]1CCN2C(=O)[C@H](C)NC(=O)[C@@H]2C1. The number of amides is 2. The summed E-state index contributed by atoms with van der Waals surface area (Å²) < 4.78 is 32.7. The number of carbonyl (C=O) groups is 2. The summed E-state index contributed by atoms with van der Waals surface area (Å²) in [5.41, 5.74) is 0.289. The monoisotopic (exact) mass is 356 g/mol. The first kappa shape index (κ1) is 16.9. The zero-order valence-corrected chi connectivity index (χ0v) is 14.5. The van der Waals surface area contributed by atoms with Crippen LogP contribution in [-0.4, -0.2) is 55.0 Å². The first-order chi connectivity index (χ1) is 11.2. The Morgan fingerprint density at radius 3 is 2.67 bits per heavy atom. The molecule has 9 nitrogen and oxygen atoms in total. The van der Waals surface area contributed by atoms with Crippen LogP contribution in [-0.2, 0) is 19.6 Å². The lowest BCUT2D eigenvalue weighted by molar-refractivity contribution is -0.151. The fourth-order valence-corrected chi connectivity index (χ4v) is 4.95. The average Bonchev–Trinajstić information content (AvgIpc) is 2.84. The van der Waals surface area contributed by atoms with Gasteiger partial charge in [-0.05, 0) is 33.6 Å². The van der Waals surface area contributed by atoms with E-state index >= 15 is 0 Å². The van der Waals surface area contributed by atoms with Crippen LogP contribution in [0.5, 0.6) is 0 Å². The van der Waals surface area contributed by atoms with Gasteiger partial charge in [-0.1, -0.05) is 5.16 Å². The van der Waals surface area contributed by atoms with Crippen molar-refractivity contribution >= 4 is 21.8 Å². The lowest BCUT2D eigenvalue weighted by Gasteiger charge is -2.43. The minimum absolute atomic E-state index is 0.0303. The molecule has 3 heterocycles. The average molecular weight is 356 g/mol. The number of nitrogens with one attached hydrogen (secondary N) is 2. The highest BCUT2D eigenvalue weighted by atomic mass is 32.2. The molecule has 3 rings (SSSR count). The Balaban J connectivity index is 1.77. The van der Waals surface area contributed by atoms with Crippen molar-refractivity contribution in [2.24, 2.45) is 0 Å². The molecule has 2 amide bonds. The molecule has 0 saturated carbocycles. The van der Waals surface area contributed by atoms with Crippen molar-refractivity contribution in [3.05, 3.63) is 11.5 Å². The summed E-state index contributed by atoms with van der Waals surface area (Å²) in [6.07, 6.45) is 0.692. The molecule has 2 saturated heterocycles. The molecule has 2 N–H and O–H groups in total. The van der Waals surface area contributed by atoms with Crippen LogP contribution in [0.25, 0.3) is 0 Å². The standard InChI is InChI=1S/C14H20N4O5S/c1-7-12(9(3)23-16-7)24(21,22)17-10-4-5-18-11(6-10)13(19)15-8(2)14(18)20/h8,10-11,17H,4-6H2,1-3H3,(H,15,19)/t8-,10+,11-/m0/s1. The van der Waals surface area contributed by atoms with E-state index in [1.165, 1.54) is 11.8 Å². The first-order valence-corrected chi connectivity index (χ1v) is 9.25. The molecule has 2 aliphatic heterocycles. The maximum absolute atomic E-state index is 12.6. The molecule has 2 aliphatic rings. The highest BCUT2D eigenvalue weighted by molar-refractivity contribution is 7.89. The number of nitrogens with zero attached hydrogens (tertiary/aromatic N) is 2. The smallest absolute Gasteiger partial charge is 0.246 e. The third kappa shape index (κ3) is 2.80. The molecular weight excluding hydrogens is 336 g/mol. The fourth-order valence-electron chi connectivity index (χ4n) is 3.34. The van der Waals surface area contributed by atoms with E-state index in [1.54, 1.807) is 13.8 Å². The van der Waals surface area contributed by atoms with Gasteiger partial charge in [-0.15, -0.1) is 0 Å². The second-order valence-electron chi connectivity index (χ2n) is 6.27. The third-order valence-corrected chi connectivity index (χ3v) is 6.24. The van der Waals surface area contributed by atoms with Crippen molar-refractivity contribution in [1.29, 1.82) is 0 Å². The first-order valence-electron chi connectivity index (χ1n) is 7.76. The minimum Gasteiger partial charge on any atom is -0.360 e. The molecule has 0 bridgehead atoms. The molecule has 2 fully saturated rings. The molecule has 0 spiro atoms. The van der Waals surface area contributed by atoms with Crippen molar-refractivity contribution in [1.82, 2.24) is 20.1 Å². The van der Waals surface area contributed by atoms with Crippen LogP contribution in [0.1, 0.15) is 31.2 Å². The lowest BCUT2D eigenvalue weighted by Crippen LogP contribution is -2.66. The number of sulfonamides is 1. The lowest BCUT2D eigenvalue weighted by atomic mass is 9.94. The van der Waals surface area contributed by atoms with Gasteiger partial charge in [0.25, 0.3) is 0 Å². The number of carbonyl (C=O) groups excluding carboxylic acids is 2. The van der Waals surface area contributed by atoms with Crippen molar-refractivity contribution in [3.63, 3.8) is 0 Å². The van der Waals surface area contributed by atoms with Gasteiger partial charge >= 0.3 is 0 Å². The summed E-state index contributed by atoms with van der Waals surface area (Å²) in [5, 5.41) is 6.29. The third-order valence-electron chi connectivity index (χ3n) is 4.48. The molecule has 3 atom stereocenters. The van der Waals surface area contributed by atoms with E-state index < -0.39 is 28.1 Å². The van der Waals surface area contributed by atoms with Gasteiger partial charge in [0, 0.05) is 12.6 Å². The Morgan fingerprint density at radius 2 is 2.04 bits per heavy atom. The number of piperazine rings is 1. The highest BCUT2D eigenvalue weighted by Crippen LogP contribution is 2.25. The Hall–Kier alpha value is -1.94. The van der Waals surface area contributed by atoms with Crippen molar-refractivity contribution in [2.75, 3.05) is 6.54 Å². The van der Waals surface area contributed by atoms with Gasteiger partial charge in [-0.3, -0.25) is 9.59 Å². The Bertz CT molecular complexity index is 768. The van der Waals surface area contributed by atoms with E-state index in [9.17, 15) is 18.0 Å². The number of rotatable bonds is 3. The normalized spacial score (nSPS) is 27.8. The Labute approximate surface area is 139 Å². The van der Waals surface area contributed by atoms with Crippen LogP contribution in [0.2, 0.25) is 0 Å². The summed E-state index contributed by atoms with van der Waals surface area (Å²) in [4.78, 5) is 25.8. The quantitative estimate of drug-likeness (QED) is 0.749. The molecule has 1 aromatic heterocycles. The van der Waals surface area contributed by atoms with Crippen LogP contribution in [0.15, 0.2) is 9.42 Å². The van der Waals surface area contributed by atoms with Crippen LogP contribution in [0.4, 0.5) is 0 Å². The number of aryl methyl sites for hydroxylation is 2. The second-order valence-corrected chi connectivity index (χ2v) is 7.92. The molecular formula is C14H20N4O5S.